The van der Waals surface area contributed by atoms with E-state index in [-0.39, 0.29) is 54.2 Å². The van der Waals surface area contributed by atoms with Crippen LogP contribution in [0.3, 0.4) is 0 Å². The van der Waals surface area contributed by atoms with E-state index < -0.39 is 12.1 Å². The predicted molar refractivity (Wildman–Crippen MR) is 123 cm³/mol. The molecule has 0 aromatic carbocycles. The monoisotopic (exact) mass is 448 g/mol. The van der Waals surface area contributed by atoms with Crippen LogP contribution in [0.15, 0.2) is 23.8 Å². The van der Waals surface area contributed by atoms with Gasteiger partial charge in [0.05, 0.1) is 18.1 Å². The molecule has 2 aliphatic rings. The van der Waals surface area contributed by atoms with Crippen molar-refractivity contribution in [2.24, 2.45) is 11.8 Å². The second-order valence-electron chi connectivity index (χ2n) is 9.92. The van der Waals surface area contributed by atoms with Gasteiger partial charge in [-0.1, -0.05) is 44.9 Å². The summed E-state index contributed by atoms with van der Waals surface area (Å²) in [6, 6.07) is 0. The molecule has 1 fully saturated rings. The van der Waals surface area contributed by atoms with Crippen molar-refractivity contribution in [3.05, 3.63) is 23.8 Å². The Bertz CT molecular complexity index is 739. The molecular formula is C26H40O6. The number of hydrogen-bond acceptors (Lipinski definition) is 6. The highest BCUT2D eigenvalue weighted by Gasteiger charge is 2.44. The molecule has 6 heteroatoms. The van der Waals surface area contributed by atoms with E-state index in [0.29, 0.717) is 6.42 Å². The standard InChI is InChI=1S/C26H40O6/c1-7-12-26(6)16-23-21(32-26)10-8-17(2)13-19(4)22(15-20(5)27)30-25(29)14-18(3)9-11-24(28)31-23/h9,11,13,18-19,21-23H,7-8,10,12,14-16H2,1-6H3/b11-9-,17-13-/t18-,19+,21+,22+,23-,26-/m1/s1. The van der Waals surface area contributed by atoms with Crippen molar-refractivity contribution in [3.8, 4) is 0 Å². The van der Waals surface area contributed by atoms with Crippen LogP contribution in [0.25, 0.3) is 0 Å². The third-order valence-corrected chi connectivity index (χ3v) is 6.31. The Labute approximate surface area is 192 Å². The van der Waals surface area contributed by atoms with E-state index in [2.05, 4.69) is 19.9 Å². The maximum Gasteiger partial charge on any atom is 0.330 e. The van der Waals surface area contributed by atoms with Crippen LogP contribution < -0.4 is 0 Å². The third-order valence-electron chi connectivity index (χ3n) is 6.31. The zero-order chi connectivity index (χ0) is 23.9. The Morgan fingerprint density at radius 1 is 1.19 bits per heavy atom. The Kier molecular flexibility index (Phi) is 9.68. The van der Waals surface area contributed by atoms with E-state index in [0.717, 1.165) is 31.3 Å². The number of Topliss-reactive ketones (excluding diaryl/α,β-unsaturated/α-hetero) is 1. The van der Waals surface area contributed by atoms with Gasteiger partial charge in [0, 0.05) is 24.8 Å². The number of ketones is 1. The van der Waals surface area contributed by atoms with Crippen molar-refractivity contribution < 1.29 is 28.6 Å². The number of cyclic esters (lactones) is 1. The molecular weight excluding hydrogens is 408 g/mol. The van der Waals surface area contributed by atoms with Crippen molar-refractivity contribution in [1.29, 1.82) is 0 Å². The number of ether oxygens (including phenoxy) is 3. The number of fused-ring (bicyclic) bond motifs is 1. The highest BCUT2D eigenvalue weighted by Crippen LogP contribution is 2.38. The fourth-order valence-electron chi connectivity index (χ4n) is 4.71. The molecule has 0 aromatic heterocycles. The van der Waals surface area contributed by atoms with E-state index in [9.17, 15) is 14.4 Å². The second-order valence-corrected chi connectivity index (χ2v) is 9.92. The van der Waals surface area contributed by atoms with Crippen molar-refractivity contribution in [3.63, 3.8) is 0 Å². The minimum Gasteiger partial charge on any atom is -0.461 e. The molecule has 0 radical (unpaired) electrons. The van der Waals surface area contributed by atoms with Gasteiger partial charge in [0.1, 0.15) is 18.0 Å². The lowest BCUT2D eigenvalue weighted by atomic mass is 9.93. The molecule has 2 aliphatic heterocycles. The first-order chi connectivity index (χ1) is 15.0. The molecule has 0 amide bonds. The van der Waals surface area contributed by atoms with E-state index in [1.54, 1.807) is 6.08 Å². The molecule has 0 unspecified atom stereocenters. The van der Waals surface area contributed by atoms with Crippen LogP contribution in [0.1, 0.15) is 86.5 Å². The first-order valence-corrected chi connectivity index (χ1v) is 11.9. The van der Waals surface area contributed by atoms with Gasteiger partial charge < -0.3 is 14.2 Å². The Hall–Kier alpha value is -1.95. The lowest BCUT2D eigenvalue weighted by molar-refractivity contribution is -0.152. The molecule has 2 heterocycles. The number of carbonyl (C=O) groups is 3. The maximum absolute atomic E-state index is 12.5. The summed E-state index contributed by atoms with van der Waals surface area (Å²) in [5.74, 6) is -1.05. The summed E-state index contributed by atoms with van der Waals surface area (Å²) >= 11 is 0. The first-order valence-electron chi connectivity index (χ1n) is 11.9. The summed E-state index contributed by atoms with van der Waals surface area (Å²) in [7, 11) is 0. The van der Waals surface area contributed by atoms with Crippen LogP contribution in [0.2, 0.25) is 0 Å². The van der Waals surface area contributed by atoms with Crippen molar-refractivity contribution >= 4 is 17.7 Å². The van der Waals surface area contributed by atoms with E-state index in [4.69, 9.17) is 14.2 Å². The minimum absolute atomic E-state index is 0.0109. The van der Waals surface area contributed by atoms with Gasteiger partial charge in [0.2, 0.25) is 0 Å². The summed E-state index contributed by atoms with van der Waals surface area (Å²) in [5.41, 5.74) is 0.849. The minimum atomic E-state index is -0.493. The van der Waals surface area contributed by atoms with Crippen LogP contribution in [-0.2, 0) is 28.6 Å². The van der Waals surface area contributed by atoms with Gasteiger partial charge in [-0.2, -0.15) is 0 Å². The summed E-state index contributed by atoms with van der Waals surface area (Å²) in [5, 5.41) is 0. The highest BCUT2D eigenvalue weighted by atomic mass is 16.6. The molecule has 0 saturated carbocycles. The molecule has 32 heavy (non-hydrogen) atoms. The zero-order valence-electron chi connectivity index (χ0n) is 20.5. The molecule has 6 nitrogen and oxygen atoms in total. The molecule has 0 spiro atoms. The number of allylic oxidation sites excluding steroid dienone is 2. The number of rotatable bonds is 4. The molecule has 0 N–H and O–H groups in total. The number of esters is 2. The summed E-state index contributed by atoms with van der Waals surface area (Å²) in [6.45, 7) is 11.6. The normalized spacial score (nSPS) is 37.6. The largest absolute Gasteiger partial charge is 0.461 e. The van der Waals surface area contributed by atoms with E-state index in [1.165, 1.54) is 13.0 Å². The number of carbonyl (C=O) groups excluding carboxylic acids is 3. The fraction of sp³-hybridized carbons (Fsp3) is 0.731. The van der Waals surface area contributed by atoms with Crippen LogP contribution >= 0.6 is 0 Å². The van der Waals surface area contributed by atoms with Crippen molar-refractivity contribution in [2.45, 2.75) is 110 Å². The smallest absolute Gasteiger partial charge is 0.330 e. The summed E-state index contributed by atoms with van der Waals surface area (Å²) in [4.78, 5) is 36.7. The average Bonchev–Trinajstić information content (AvgIpc) is 2.98. The van der Waals surface area contributed by atoms with Gasteiger partial charge in [-0.25, -0.2) is 4.79 Å². The lowest BCUT2D eigenvalue weighted by Gasteiger charge is -2.24. The van der Waals surface area contributed by atoms with E-state index in [1.807, 2.05) is 20.8 Å². The number of hydrogen-bond donors (Lipinski definition) is 0. The van der Waals surface area contributed by atoms with Crippen LogP contribution in [0.4, 0.5) is 0 Å². The van der Waals surface area contributed by atoms with Crippen LogP contribution in [0, 0.1) is 11.8 Å². The Morgan fingerprint density at radius 3 is 2.56 bits per heavy atom. The Morgan fingerprint density at radius 2 is 1.91 bits per heavy atom. The first kappa shape index (κ1) is 26.3. The van der Waals surface area contributed by atoms with Crippen molar-refractivity contribution in [1.82, 2.24) is 0 Å². The fourth-order valence-corrected chi connectivity index (χ4v) is 4.71. The van der Waals surface area contributed by atoms with Gasteiger partial charge in [-0.15, -0.1) is 0 Å². The second kappa shape index (κ2) is 11.8. The lowest BCUT2D eigenvalue weighted by Crippen LogP contribution is -2.28. The predicted octanol–water partition coefficient (Wildman–Crippen LogP) is 5.10. The zero-order valence-corrected chi connectivity index (χ0v) is 20.5. The molecule has 180 valence electrons. The highest BCUT2D eigenvalue weighted by molar-refractivity contribution is 5.82. The maximum atomic E-state index is 12.5. The van der Waals surface area contributed by atoms with E-state index >= 15 is 0 Å². The third kappa shape index (κ3) is 8.19. The topological polar surface area (TPSA) is 78.9 Å². The summed E-state index contributed by atoms with van der Waals surface area (Å²) < 4.78 is 17.8. The van der Waals surface area contributed by atoms with Gasteiger partial charge in [-0.3, -0.25) is 9.59 Å². The molecule has 0 aliphatic carbocycles. The van der Waals surface area contributed by atoms with Gasteiger partial charge in [0.15, 0.2) is 0 Å². The molecule has 0 bridgehead atoms. The SMILES string of the molecule is CCC[C@]1(C)C[C@H]2OC(=O)/C=C\[C@@H](C)CC(=O)O[C@@H](CC(C)=O)[C@@H](C)/C=C(/C)CC[C@@H]2O1. The molecule has 2 rings (SSSR count). The molecule has 1 saturated heterocycles. The van der Waals surface area contributed by atoms with Gasteiger partial charge in [0.25, 0.3) is 0 Å². The van der Waals surface area contributed by atoms with Crippen molar-refractivity contribution in [2.75, 3.05) is 0 Å². The van der Waals surface area contributed by atoms with Crippen LogP contribution in [0.5, 0.6) is 0 Å². The quantitative estimate of drug-likeness (QED) is 0.440. The average molecular weight is 449 g/mol. The molecule has 0 aromatic rings. The Balaban J connectivity index is 2.26. The van der Waals surface area contributed by atoms with Gasteiger partial charge >= 0.3 is 11.9 Å². The summed E-state index contributed by atoms with van der Waals surface area (Å²) in [6.07, 6.45) is 8.68. The van der Waals surface area contributed by atoms with Gasteiger partial charge in [-0.05, 0) is 46.0 Å². The van der Waals surface area contributed by atoms with Crippen LogP contribution in [-0.4, -0.2) is 41.6 Å². The molecule has 6 atom stereocenters.